The first-order valence-corrected chi connectivity index (χ1v) is 10.1. The first-order valence-electron chi connectivity index (χ1n) is 9.26. The van der Waals surface area contributed by atoms with Crippen molar-refractivity contribution in [2.24, 2.45) is 0 Å². The largest absolute Gasteiger partial charge is 0.444 e. The fourth-order valence-electron chi connectivity index (χ4n) is 4.48. The lowest BCUT2D eigenvalue weighted by molar-refractivity contribution is 0.0162. The molecule has 1 unspecified atom stereocenters. The maximum Gasteiger partial charge on any atom is 0.410 e. The zero-order chi connectivity index (χ0) is 19.6. The number of hydrogen-bond acceptors (Lipinski definition) is 5. The molecule has 3 heterocycles. The molecule has 4 rings (SSSR count). The van der Waals surface area contributed by atoms with Gasteiger partial charge in [-0.05, 0) is 61.9 Å². The Hall–Kier alpha value is -1.90. The van der Waals surface area contributed by atoms with Crippen LogP contribution in [0.4, 0.5) is 4.79 Å². The van der Waals surface area contributed by atoms with Crippen LogP contribution in [0.5, 0.6) is 0 Å². The van der Waals surface area contributed by atoms with Crippen molar-refractivity contribution in [3.8, 4) is 0 Å². The normalized spacial score (nSPS) is 21.7. The van der Waals surface area contributed by atoms with Crippen LogP contribution in [0, 0.1) is 0 Å². The number of fused-ring (bicyclic) bond motifs is 3. The Bertz CT molecular complexity index is 966. The molecule has 0 bridgehead atoms. The van der Waals surface area contributed by atoms with Crippen molar-refractivity contribution in [1.82, 2.24) is 24.5 Å². The van der Waals surface area contributed by atoms with Crippen molar-refractivity contribution in [2.45, 2.75) is 63.9 Å². The molecule has 2 aromatic rings. The SMILES string of the molecule is CC1CC2(CCN(C(=O)OC(C)(C)C)CC2)c2c1[nH]c1nc(Br)nn1c2=O. The van der Waals surface area contributed by atoms with Gasteiger partial charge in [-0.2, -0.15) is 9.50 Å². The van der Waals surface area contributed by atoms with Crippen molar-refractivity contribution in [2.75, 3.05) is 13.1 Å². The molecule has 1 atom stereocenters. The molecular weight excluding hydrogens is 414 g/mol. The van der Waals surface area contributed by atoms with Crippen LogP contribution in [0.25, 0.3) is 5.78 Å². The number of hydrogen-bond donors (Lipinski definition) is 1. The van der Waals surface area contributed by atoms with Gasteiger partial charge in [0.25, 0.3) is 5.56 Å². The number of nitrogens with one attached hydrogen (secondary N) is 1. The van der Waals surface area contributed by atoms with Crippen LogP contribution in [0.1, 0.15) is 64.1 Å². The molecule has 0 radical (unpaired) electrons. The number of ether oxygens (including phenoxy) is 1. The number of nitrogens with zero attached hydrogens (tertiary/aromatic N) is 4. The van der Waals surface area contributed by atoms with E-state index in [0.29, 0.717) is 23.6 Å². The van der Waals surface area contributed by atoms with Gasteiger partial charge in [0.2, 0.25) is 10.5 Å². The minimum atomic E-state index is -0.510. The third-order valence-corrected chi connectivity index (χ3v) is 5.93. The van der Waals surface area contributed by atoms with Crippen LogP contribution >= 0.6 is 15.9 Å². The topological polar surface area (TPSA) is 92.6 Å². The summed E-state index contributed by atoms with van der Waals surface area (Å²) in [6.07, 6.45) is 2.10. The molecule has 146 valence electrons. The number of amides is 1. The van der Waals surface area contributed by atoms with E-state index in [1.165, 1.54) is 4.52 Å². The zero-order valence-corrected chi connectivity index (χ0v) is 17.6. The van der Waals surface area contributed by atoms with E-state index in [1.54, 1.807) is 4.90 Å². The van der Waals surface area contributed by atoms with E-state index < -0.39 is 5.60 Å². The summed E-state index contributed by atoms with van der Waals surface area (Å²) in [6, 6.07) is 0. The molecular formula is C18H24BrN5O3. The molecule has 1 spiro atoms. The molecule has 1 N–H and O–H groups in total. The number of carbonyl (C=O) groups is 1. The lowest BCUT2D eigenvalue weighted by Crippen LogP contribution is -2.47. The summed E-state index contributed by atoms with van der Waals surface area (Å²) < 4.78 is 7.22. The Morgan fingerprint density at radius 2 is 2.00 bits per heavy atom. The molecule has 1 aliphatic carbocycles. The first-order chi connectivity index (χ1) is 12.6. The van der Waals surface area contributed by atoms with E-state index in [0.717, 1.165) is 30.5 Å². The van der Waals surface area contributed by atoms with Gasteiger partial charge in [-0.1, -0.05) is 6.92 Å². The number of H-pyrrole nitrogens is 1. The van der Waals surface area contributed by atoms with E-state index >= 15 is 0 Å². The summed E-state index contributed by atoms with van der Waals surface area (Å²) in [4.78, 5) is 34.8. The summed E-state index contributed by atoms with van der Waals surface area (Å²) in [5.74, 6) is 0.696. The zero-order valence-electron chi connectivity index (χ0n) is 16.0. The van der Waals surface area contributed by atoms with Gasteiger partial charge >= 0.3 is 6.09 Å². The maximum atomic E-state index is 13.2. The molecule has 1 aliphatic heterocycles. The minimum Gasteiger partial charge on any atom is -0.444 e. The van der Waals surface area contributed by atoms with Gasteiger partial charge in [-0.3, -0.25) is 4.79 Å². The number of aromatic amines is 1. The molecule has 9 heteroatoms. The third kappa shape index (κ3) is 3.05. The predicted molar refractivity (Wildman–Crippen MR) is 103 cm³/mol. The standard InChI is InChI=1S/C18H24BrN5O3/c1-10-9-18(5-7-23(8-6-18)16(26)27-17(2,3)4)11-12(10)20-15-21-14(19)22-24(15)13(11)25/h10H,5-9H2,1-4H3,(H,20,21,22). The fourth-order valence-corrected chi connectivity index (χ4v) is 4.81. The van der Waals surface area contributed by atoms with Gasteiger partial charge in [0.1, 0.15) is 5.60 Å². The Labute approximate surface area is 165 Å². The van der Waals surface area contributed by atoms with E-state index in [1.807, 2.05) is 20.8 Å². The van der Waals surface area contributed by atoms with E-state index in [2.05, 4.69) is 37.9 Å². The highest BCUT2D eigenvalue weighted by Crippen LogP contribution is 2.49. The number of aromatic nitrogens is 4. The van der Waals surface area contributed by atoms with E-state index in [9.17, 15) is 9.59 Å². The Morgan fingerprint density at radius 1 is 1.33 bits per heavy atom. The number of piperidine rings is 1. The van der Waals surface area contributed by atoms with Gasteiger partial charge in [-0.15, -0.1) is 5.10 Å². The predicted octanol–water partition coefficient (Wildman–Crippen LogP) is 2.96. The van der Waals surface area contributed by atoms with Crippen molar-refractivity contribution in [3.63, 3.8) is 0 Å². The van der Waals surface area contributed by atoms with Crippen LogP contribution in [-0.4, -0.2) is 49.3 Å². The molecule has 1 saturated heterocycles. The van der Waals surface area contributed by atoms with Crippen molar-refractivity contribution >= 4 is 27.8 Å². The highest BCUT2D eigenvalue weighted by atomic mass is 79.9. The average Bonchev–Trinajstić information content (AvgIpc) is 3.05. The lowest BCUT2D eigenvalue weighted by Gasteiger charge is -2.40. The van der Waals surface area contributed by atoms with Crippen molar-refractivity contribution < 1.29 is 9.53 Å². The van der Waals surface area contributed by atoms with Crippen LogP contribution in [0.15, 0.2) is 9.53 Å². The van der Waals surface area contributed by atoms with Crippen molar-refractivity contribution in [1.29, 1.82) is 0 Å². The summed E-state index contributed by atoms with van der Waals surface area (Å²) in [6.45, 7) is 8.90. The van der Waals surface area contributed by atoms with Crippen LogP contribution in [0.2, 0.25) is 0 Å². The van der Waals surface area contributed by atoms with Gasteiger partial charge in [-0.25, -0.2) is 4.79 Å². The van der Waals surface area contributed by atoms with Gasteiger partial charge in [0.15, 0.2) is 0 Å². The maximum absolute atomic E-state index is 13.2. The molecule has 0 aromatic carbocycles. The number of likely N-dealkylation sites (tertiary alicyclic amines) is 1. The summed E-state index contributed by atoms with van der Waals surface area (Å²) in [5.41, 5.74) is 0.922. The Kier molecular flexibility index (Phi) is 4.14. The van der Waals surface area contributed by atoms with Gasteiger partial charge in [0, 0.05) is 29.8 Å². The quantitative estimate of drug-likeness (QED) is 0.683. The van der Waals surface area contributed by atoms with Crippen molar-refractivity contribution in [3.05, 3.63) is 26.3 Å². The fraction of sp³-hybridized carbons (Fsp3) is 0.667. The smallest absolute Gasteiger partial charge is 0.410 e. The van der Waals surface area contributed by atoms with Gasteiger partial charge in [0.05, 0.1) is 0 Å². The summed E-state index contributed by atoms with van der Waals surface area (Å²) in [7, 11) is 0. The van der Waals surface area contributed by atoms with Crippen LogP contribution in [0.3, 0.4) is 0 Å². The van der Waals surface area contributed by atoms with E-state index in [4.69, 9.17) is 4.74 Å². The second-order valence-corrected chi connectivity index (χ2v) is 9.40. The number of halogens is 1. The van der Waals surface area contributed by atoms with Crippen LogP contribution in [-0.2, 0) is 10.2 Å². The highest BCUT2D eigenvalue weighted by Gasteiger charge is 2.48. The molecule has 1 amide bonds. The molecule has 27 heavy (non-hydrogen) atoms. The van der Waals surface area contributed by atoms with E-state index in [-0.39, 0.29) is 23.0 Å². The molecule has 2 aliphatic rings. The first kappa shape index (κ1) is 18.5. The number of rotatable bonds is 0. The third-order valence-electron chi connectivity index (χ3n) is 5.60. The molecule has 2 aromatic heterocycles. The number of carbonyl (C=O) groups excluding carboxylic acids is 1. The average molecular weight is 438 g/mol. The summed E-state index contributed by atoms with van der Waals surface area (Å²) in [5, 5.41) is 4.17. The Morgan fingerprint density at radius 3 is 2.63 bits per heavy atom. The molecule has 1 fully saturated rings. The second-order valence-electron chi connectivity index (χ2n) is 8.69. The molecule has 8 nitrogen and oxygen atoms in total. The monoisotopic (exact) mass is 437 g/mol. The van der Waals surface area contributed by atoms with Crippen LogP contribution < -0.4 is 5.56 Å². The van der Waals surface area contributed by atoms with Gasteiger partial charge < -0.3 is 14.6 Å². The Balaban J connectivity index is 1.65. The second kappa shape index (κ2) is 6.05. The minimum absolute atomic E-state index is 0.105. The summed E-state index contributed by atoms with van der Waals surface area (Å²) >= 11 is 3.24. The molecule has 0 saturated carbocycles. The highest BCUT2D eigenvalue weighted by molar-refractivity contribution is 9.10. The lowest BCUT2D eigenvalue weighted by atomic mass is 9.74.